The first-order valence-electron chi connectivity index (χ1n) is 9.65. The number of nitrogen functional groups attached to an aromatic ring is 1. The first-order valence-corrected chi connectivity index (χ1v) is 10.1. The lowest BCUT2D eigenvalue weighted by Gasteiger charge is -2.23. The first kappa shape index (κ1) is 19.1. The molecule has 1 aliphatic heterocycles. The van der Waals surface area contributed by atoms with Crippen molar-refractivity contribution in [3.8, 4) is 0 Å². The normalized spacial score (nSPS) is 15.2. The van der Waals surface area contributed by atoms with E-state index in [0.717, 1.165) is 24.2 Å². The molecular formula is C22H23N5OS. The molecule has 3 aromatic rings. The maximum Gasteiger partial charge on any atom is 0.264 e. The van der Waals surface area contributed by atoms with E-state index in [4.69, 9.17) is 18.0 Å². The number of thiocarbonyl (C=S) groups is 1. The lowest BCUT2D eigenvalue weighted by atomic mass is 10.1. The van der Waals surface area contributed by atoms with E-state index in [-0.39, 0.29) is 28.0 Å². The van der Waals surface area contributed by atoms with Gasteiger partial charge in [0.2, 0.25) is 5.95 Å². The van der Waals surface area contributed by atoms with Crippen LogP contribution in [0.25, 0.3) is 0 Å². The third-order valence-electron chi connectivity index (χ3n) is 5.22. The average molecular weight is 406 g/mol. The van der Waals surface area contributed by atoms with Crippen LogP contribution in [0.4, 0.5) is 23.1 Å². The van der Waals surface area contributed by atoms with Gasteiger partial charge in [-0.15, -0.1) is 0 Å². The number of aromatic amines is 1. The molecule has 1 atom stereocenters. The predicted molar refractivity (Wildman–Crippen MR) is 122 cm³/mol. The summed E-state index contributed by atoms with van der Waals surface area (Å²) in [5.41, 5.74) is 10.3. The standard InChI is InChI=1S/C22H23N5OS/c1-3-14-8-10-16(11-9-14)24-21(29)18-19(23)25-22(26-20(18)28)27-13(2)12-15-6-4-5-7-17(15)27/h4-11,13H,3,12H2,1-2H3,(H,24,29)(H3,23,25,26,28). The smallest absolute Gasteiger partial charge is 0.264 e. The molecule has 4 rings (SSSR count). The van der Waals surface area contributed by atoms with Gasteiger partial charge in [-0.1, -0.05) is 49.5 Å². The van der Waals surface area contributed by atoms with Crippen LogP contribution in [-0.2, 0) is 12.8 Å². The van der Waals surface area contributed by atoms with E-state index in [1.54, 1.807) is 0 Å². The van der Waals surface area contributed by atoms with Crippen molar-refractivity contribution >= 4 is 40.3 Å². The Morgan fingerprint density at radius 1 is 1.28 bits per heavy atom. The van der Waals surface area contributed by atoms with Gasteiger partial charge in [0.15, 0.2) is 0 Å². The van der Waals surface area contributed by atoms with Crippen molar-refractivity contribution in [2.45, 2.75) is 32.7 Å². The molecule has 0 bridgehead atoms. The minimum Gasteiger partial charge on any atom is -0.383 e. The molecule has 0 fully saturated rings. The second-order valence-electron chi connectivity index (χ2n) is 7.21. The van der Waals surface area contributed by atoms with Crippen LogP contribution >= 0.6 is 12.2 Å². The molecule has 148 valence electrons. The first-order chi connectivity index (χ1) is 14.0. The Hall–Kier alpha value is -3.19. The molecule has 7 heteroatoms. The fourth-order valence-electron chi connectivity index (χ4n) is 3.72. The number of hydrogen-bond acceptors (Lipinski definition) is 5. The minimum absolute atomic E-state index is 0.114. The lowest BCUT2D eigenvalue weighted by Crippen LogP contribution is -2.31. The predicted octanol–water partition coefficient (Wildman–Crippen LogP) is 3.78. The quantitative estimate of drug-likeness (QED) is 0.573. The van der Waals surface area contributed by atoms with Gasteiger partial charge in [0, 0.05) is 17.4 Å². The number of hydrogen-bond donors (Lipinski definition) is 3. The Morgan fingerprint density at radius 3 is 2.69 bits per heavy atom. The third-order valence-corrected chi connectivity index (χ3v) is 5.52. The van der Waals surface area contributed by atoms with E-state index in [1.807, 2.05) is 47.4 Å². The summed E-state index contributed by atoms with van der Waals surface area (Å²) < 4.78 is 0. The molecule has 29 heavy (non-hydrogen) atoms. The molecule has 2 aromatic carbocycles. The summed E-state index contributed by atoms with van der Waals surface area (Å²) in [6, 6.07) is 16.2. The maximum absolute atomic E-state index is 12.8. The monoisotopic (exact) mass is 405 g/mol. The number of fused-ring (bicyclic) bond motifs is 1. The van der Waals surface area contributed by atoms with Gasteiger partial charge in [0.25, 0.3) is 5.56 Å². The summed E-state index contributed by atoms with van der Waals surface area (Å²) in [7, 11) is 0. The molecule has 4 N–H and O–H groups in total. The van der Waals surface area contributed by atoms with E-state index >= 15 is 0 Å². The fourth-order valence-corrected chi connectivity index (χ4v) is 4.03. The van der Waals surface area contributed by atoms with Crippen molar-refractivity contribution in [1.29, 1.82) is 0 Å². The summed E-state index contributed by atoms with van der Waals surface area (Å²) in [5, 5.41) is 3.08. The van der Waals surface area contributed by atoms with Crippen LogP contribution in [-0.4, -0.2) is 21.0 Å². The highest BCUT2D eigenvalue weighted by atomic mass is 32.1. The Bertz CT molecular complexity index is 1120. The second-order valence-corrected chi connectivity index (χ2v) is 7.61. The second kappa shape index (κ2) is 7.67. The van der Waals surface area contributed by atoms with Gasteiger partial charge >= 0.3 is 0 Å². The van der Waals surface area contributed by atoms with Crippen molar-refractivity contribution in [2.75, 3.05) is 16.0 Å². The van der Waals surface area contributed by atoms with Crippen molar-refractivity contribution in [2.24, 2.45) is 0 Å². The van der Waals surface area contributed by atoms with Crippen LogP contribution < -0.4 is 21.5 Å². The van der Waals surface area contributed by atoms with Gasteiger partial charge in [0.05, 0.1) is 0 Å². The van der Waals surface area contributed by atoms with Gasteiger partial charge in [0.1, 0.15) is 16.4 Å². The number of nitrogens with one attached hydrogen (secondary N) is 2. The molecule has 0 saturated heterocycles. The molecule has 6 nitrogen and oxygen atoms in total. The van der Waals surface area contributed by atoms with Crippen LogP contribution in [0.2, 0.25) is 0 Å². The van der Waals surface area contributed by atoms with Crippen molar-refractivity contribution in [3.63, 3.8) is 0 Å². The number of aromatic nitrogens is 2. The van der Waals surface area contributed by atoms with E-state index < -0.39 is 0 Å². The summed E-state index contributed by atoms with van der Waals surface area (Å²) in [6.07, 6.45) is 1.84. The largest absolute Gasteiger partial charge is 0.383 e. The topological polar surface area (TPSA) is 87.0 Å². The third kappa shape index (κ3) is 3.61. The zero-order valence-corrected chi connectivity index (χ0v) is 17.2. The summed E-state index contributed by atoms with van der Waals surface area (Å²) in [6.45, 7) is 4.19. The van der Waals surface area contributed by atoms with E-state index in [2.05, 4.69) is 35.2 Å². The van der Waals surface area contributed by atoms with E-state index in [0.29, 0.717) is 5.95 Å². The number of para-hydroxylation sites is 1. The fraction of sp³-hybridized carbons (Fsp3) is 0.227. The Balaban J connectivity index is 1.64. The Morgan fingerprint density at radius 2 is 2.00 bits per heavy atom. The number of benzene rings is 2. The number of nitrogens with zero attached hydrogens (tertiary/aromatic N) is 2. The summed E-state index contributed by atoms with van der Waals surface area (Å²) in [4.78, 5) is 22.4. The molecule has 1 unspecified atom stereocenters. The molecule has 0 saturated carbocycles. The molecule has 0 spiro atoms. The zero-order valence-electron chi connectivity index (χ0n) is 16.4. The van der Waals surface area contributed by atoms with Crippen LogP contribution in [0.15, 0.2) is 53.3 Å². The average Bonchev–Trinajstić information content (AvgIpc) is 3.03. The highest BCUT2D eigenvalue weighted by Crippen LogP contribution is 2.36. The molecule has 1 aromatic heterocycles. The number of nitrogens with two attached hydrogens (primary N) is 1. The molecule has 0 aliphatic carbocycles. The molecule has 1 aliphatic rings. The number of H-pyrrole nitrogens is 1. The lowest BCUT2D eigenvalue weighted by molar-refractivity contribution is 0.738. The SMILES string of the molecule is CCc1ccc(NC(=S)c2c(N)nc(N3c4ccccc4CC3C)[nH]c2=O)cc1. The maximum atomic E-state index is 12.8. The Kier molecular flexibility index (Phi) is 5.07. The van der Waals surface area contributed by atoms with Crippen molar-refractivity contribution in [3.05, 3.63) is 75.6 Å². The van der Waals surface area contributed by atoms with Crippen LogP contribution in [0.3, 0.4) is 0 Å². The minimum atomic E-state index is -0.355. The number of rotatable bonds is 4. The Labute approximate surface area is 174 Å². The summed E-state index contributed by atoms with van der Waals surface area (Å²) in [5.74, 6) is 0.548. The van der Waals surface area contributed by atoms with Crippen LogP contribution in [0, 0.1) is 0 Å². The van der Waals surface area contributed by atoms with Crippen molar-refractivity contribution < 1.29 is 0 Å². The zero-order chi connectivity index (χ0) is 20.5. The molecule has 2 heterocycles. The van der Waals surface area contributed by atoms with Crippen LogP contribution in [0.5, 0.6) is 0 Å². The van der Waals surface area contributed by atoms with Gasteiger partial charge in [-0.25, -0.2) is 0 Å². The molecule has 0 amide bonds. The molecule has 0 radical (unpaired) electrons. The summed E-state index contributed by atoms with van der Waals surface area (Å²) >= 11 is 5.44. The van der Waals surface area contributed by atoms with Gasteiger partial charge in [-0.3, -0.25) is 9.78 Å². The van der Waals surface area contributed by atoms with E-state index in [1.165, 1.54) is 11.1 Å². The van der Waals surface area contributed by atoms with Crippen molar-refractivity contribution in [1.82, 2.24) is 9.97 Å². The van der Waals surface area contributed by atoms with Gasteiger partial charge in [-0.2, -0.15) is 4.98 Å². The number of anilines is 4. The highest BCUT2D eigenvalue weighted by Gasteiger charge is 2.29. The van der Waals surface area contributed by atoms with Crippen LogP contribution in [0.1, 0.15) is 30.5 Å². The van der Waals surface area contributed by atoms with Gasteiger partial charge < -0.3 is 16.0 Å². The highest BCUT2D eigenvalue weighted by molar-refractivity contribution is 7.81. The van der Waals surface area contributed by atoms with Gasteiger partial charge in [-0.05, 0) is 49.1 Å². The van der Waals surface area contributed by atoms with E-state index in [9.17, 15) is 4.79 Å². The molecular weight excluding hydrogens is 382 g/mol. The number of aryl methyl sites for hydroxylation is 1.